The first kappa shape index (κ1) is 11.3. The molecule has 0 bridgehead atoms. The van der Waals surface area contributed by atoms with Crippen molar-refractivity contribution in [3.05, 3.63) is 16.9 Å². The largest absolute Gasteiger partial charge is 0.357 e. The van der Waals surface area contributed by atoms with Gasteiger partial charge in [0.05, 0.1) is 4.47 Å². The van der Waals surface area contributed by atoms with Crippen molar-refractivity contribution in [3.8, 4) is 0 Å². The first-order chi connectivity index (χ1) is 7.72. The molecule has 1 aliphatic heterocycles. The highest BCUT2D eigenvalue weighted by Gasteiger charge is 2.31. The summed E-state index contributed by atoms with van der Waals surface area (Å²) >= 11 is 3.29. The van der Waals surface area contributed by atoms with E-state index in [2.05, 4.69) is 31.2 Å². The topological polar surface area (TPSA) is 58.1 Å². The molecular weight excluding hydrogens is 272 g/mol. The Labute approximate surface area is 102 Å². The Bertz CT molecular complexity index is 381. The number of anilines is 1. The minimum Gasteiger partial charge on any atom is -0.357 e. The van der Waals surface area contributed by atoms with Crippen LogP contribution in [0.15, 0.2) is 16.9 Å². The van der Waals surface area contributed by atoms with Crippen molar-refractivity contribution in [2.24, 2.45) is 0 Å². The van der Waals surface area contributed by atoms with Gasteiger partial charge in [0.25, 0.3) is 0 Å². The van der Waals surface area contributed by atoms with Gasteiger partial charge in [-0.05, 0) is 28.8 Å². The Kier molecular flexibility index (Phi) is 3.38. The summed E-state index contributed by atoms with van der Waals surface area (Å²) in [6, 6.07) is -0.133. The van der Waals surface area contributed by atoms with Gasteiger partial charge in [-0.25, -0.2) is 9.97 Å². The molecule has 1 N–H and O–H groups in total. The molecule has 0 saturated carbocycles. The Morgan fingerprint density at radius 2 is 2.25 bits per heavy atom. The van der Waals surface area contributed by atoms with Gasteiger partial charge in [-0.3, -0.25) is 4.79 Å². The van der Waals surface area contributed by atoms with Crippen LogP contribution in [0.2, 0.25) is 0 Å². The summed E-state index contributed by atoms with van der Waals surface area (Å²) < 4.78 is 0.840. The van der Waals surface area contributed by atoms with Gasteiger partial charge in [0.15, 0.2) is 0 Å². The van der Waals surface area contributed by atoms with E-state index < -0.39 is 0 Å². The molecule has 16 heavy (non-hydrogen) atoms. The van der Waals surface area contributed by atoms with Gasteiger partial charge in [0.1, 0.15) is 6.04 Å². The summed E-state index contributed by atoms with van der Waals surface area (Å²) in [6.07, 6.45) is 5.25. The second-order valence-corrected chi connectivity index (χ2v) is 4.58. The molecule has 1 amide bonds. The predicted molar refractivity (Wildman–Crippen MR) is 64.2 cm³/mol. The van der Waals surface area contributed by atoms with Crippen LogP contribution >= 0.6 is 15.9 Å². The van der Waals surface area contributed by atoms with Crippen molar-refractivity contribution < 1.29 is 4.79 Å². The Morgan fingerprint density at radius 1 is 1.56 bits per heavy atom. The highest BCUT2D eigenvalue weighted by molar-refractivity contribution is 9.10. The fraction of sp³-hybridized carbons (Fsp3) is 0.500. The number of carbonyl (C=O) groups is 1. The number of nitrogens with one attached hydrogen (secondary N) is 1. The van der Waals surface area contributed by atoms with E-state index in [4.69, 9.17) is 0 Å². The van der Waals surface area contributed by atoms with E-state index in [9.17, 15) is 4.79 Å². The van der Waals surface area contributed by atoms with E-state index in [0.29, 0.717) is 5.95 Å². The minimum absolute atomic E-state index is 0.0315. The number of halogens is 1. The smallest absolute Gasteiger partial charge is 0.242 e. The van der Waals surface area contributed by atoms with Gasteiger partial charge in [0.2, 0.25) is 11.9 Å². The second kappa shape index (κ2) is 4.78. The van der Waals surface area contributed by atoms with Gasteiger partial charge in [0, 0.05) is 26.0 Å². The molecule has 1 aromatic heterocycles. The molecule has 2 rings (SSSR count). The third-order valence-electron chi connectivity index (χ3n) is 2.67. The first-order valence-electron chi connectivity index (χ1n) is 5.18. The highest BCUT2D eigenvalue weighted by Crippen LogP contribution is 2.22. The molecule has 1 saturated heterocycles. The van der Waals surface area contributed by atoms with Gasteiger partial charge in [-0.15, -0.1) is 0 Å². The van der Waals surface area contributed by atoms with Crippen molar-refractivity contribution in [2.75, 3.05) is 18.5 Å². The number of carbonyl (C=O) groups excluding carboxylic acids is 1. The summed E-state index contributed by atoms with van der Waals surface area (Å²) in [7, 11) is 1.65. The molecule has 1 atom stereocenters. The van der Waals surface area contributed by atoms with Gasteiger partial charge < -0.3 is 10.2 Å². The van der Waals surface area contributed by atoms with Crippen molar-refractivity contribution in [1.29, 1.82) is 0 Å². The molecule has 1 fully saturated rings. The predicted octanol–water partition coefficient (Wildman–Crippen LogP) is 0.954. The van der Waals surface area contributed by atoms with Gasteiger partial charge in [-0.2, -0.15) is 0 Å². The molecule has 1 aliphatic rings. The summed E-state index contributed by atoms with van der Waals surface area (Å²) in [4.78, 5) is 22.0. The van der Waals surface area contributed by atoms with Crippen LogP contribution in [0.5, 0.6) is 0 Å². The highest BCUT2D eigenvalue weighted by atomic mass is 79.9. The maximum absolute atomic E-state index is 11.6. The van der Waals surface area contributed by atoms with E-state index in [1.807, 2.05) is 4.90 Å². The number of rotatable bonds is 2. The van der Waals surface area contributed by atoms with Crippen LogP contribution in [0.3, 0.4) is 0 Å². The van der Waals surface area contributed by atoms with E-state index >= 15 is 0 Å². The fourth-order valence-corrected chi connectivity index (χ4v) is 2.10. The zero-order valence-electron chi connectivity index (χ0n) is 8.98. The fourth-order valence-electron chi connectivity index (χ4n) is 1.90. The van der Waals surface area contributed by atoms with Crippen LogP contribution < -0.4 is 10.2 Å². The lowest BCUT2D eigenvalue weighted by Gasteiger charge is -2.22. The molecule has 0 unspecified atom stereocenters. The average Bonchev–Trinajstić information content (AvgIpc) is 2.78. The number of amides is 1. The number of hydrogen-bond acceptors (Lipinski definition) is 4. The van der Waals surface area contributed by atoms with Crippen molar-refractivity contribution in [2.45, 2.75) is 18.9 Å². The van der Waals surface area contributed by atoms with E-state index in [1.165, 1.54) is 0 Å². The zero-order valence-corrected chi connectivity index (χ0v) is 10.6. The number of likely N-dealkylation sites (N-methyl/N-ethyl adjacent to an activating group) is 1. The van der Waals surface area contributed by atoms with Crippen LogP contribution in [0, 0.1) is 0 Å². The van der Waals surface area contributed by atoms with Crippen molar-refractivity contribution >= 4 is 27.8 Å². The van der Waals surface area contributed by atoms with Gasteiger partial charge in [-0.1, -0.05) is 0 Å². The monoisotopic (exact) mass is 284 g/mol. The molecule has 1 aromatic rings. The van der Waals surface area contributed by atoms with Gasteiger partial charge >= 0.3 is 0 Å². The van der Waals surface area contributed by atoms with E-state index in [0.717, 1.165) is 23.9 Å². The zero-order chi connectivity index (χ0) is 11.5. The quantitative estimate of drug-likeness (QED) is 0.879. The number of hydrogen-bond donors (Lipinski definition) is 1. The molecule has 0 radical (unpaired) electrons. The molecule has 0 spiro atoms. The summed E-state index contributed by atoms with van der Waals surface area (Å²) in [6.45, 7) is 0.833. The molecule has 6 heteroatoms. The molecule has 2 heterocycles. The molecule has 0 aliphatic carbocycles. The lowest BCUT2D eigenvalue weighted by molar-refractivity contribution is -0.121. The van der Waals surface area contributed by atoms with Crippen LogP contribution in [0.25, 0.3) is 0 Å². The summed E-state index contributed by atoms with van der Waals surface area (Å²) in [5.74, 6) is 0.651. The SMILES string of the molecule is CNC(=O)[C@@H]1CCCN1c1ncc(Br)cn1. The molecule has 0 aromatic carbocycles. The third-order valence-corrected chi connectivity index (χ3v) is 3.07. The average molecular weight is 285 g/mol. The Morgan fingerprint density at radius 3 is 2.88 bits per heavy atom. The lowest BCUT2D eigenvalue weighted by atomic mass is 10.2. The van der Waals surface area contributed by atoms with Crippen LogP contribution in [0.1, 0.15) is 12.8 Å². The summed E-state index contributed by atoms with van der Waals surface area (Å²) in [5.41, 5.74) is 0. The Hall–Kier alpha value is -1.17. The maximum atomic E-state index is 11.6. The van der Waals surface area contributed by atoms with Crippen LogP contribution in [-0.4, -0.2) is 35.5 Å². The normalized spacial score (nSPS) is 19.9. The molecule has 86 valence electrons. The maximum Gasteiger partial charge on any atom is 0.242 e. The number of aromatic nitrogens is 2. The second-order valence-electron chi connectivity index (χ2n) is 3.67. The van der Waals surface area contributed by atoms with Crippen molar-refractivity contribution in [3.63, 3.8) is 0 Å². The lowest BCUT2D eigenvalue weighted by Crippen LogP contribution is -2.42. The molecule has 5 nitrogen and oxygen atoms in total. The molecular formula is C10H13BrN4O. The Balaban J connectivity index is 2.19. The van der Waals surface area contributed by atoms with Crippen molar-refractivity contribution in [1.82, 2.24) is 15.3 Å². The van der Waals surface area contributed by atoms with Crippen LogP contribution in [-0.2, 0) is 4.79 Å². The van der Waals surface area contributed by atoms with E-state index in [-0.39, 0.29) is 11.9 Å². The third kappa shape index (κ3) is 2.16. The number of nitrogens with zero attached hydrogens (tertiary/aromatic N) is 3. The van der Waals surface area contributed by atoms with E-state index in [1.54, 1.807) is 19.4 Å². The van der Waals surface area contributed by atoms with Crippen LogP contribution in [0.4, 0.5) is 5.95 Å². The minimum atomic E-state index is -0.133. The standard InChI is InChI=1S/C10H13BrN4O/c1-12-9(16)8-3-2-4-15(8)10-13-5-7(11)6-14-10/h5-6,8H,2-4H2,1H3,(H,12,16)/t8-/m0/s1. The first-order valence-corrected chi connectivity index (χ1v) is 5.97. The summed E-state index contributed by atoms with van der Waals surface area (Å²) in [5, 5.41) is 2.67.